The van der Waals surface area contributed by atoms with Crippen molar-refractivity contribution in [2.45, 2.75) is 26.2 Å². The Labute approximate surface area is 143 Å². The Kier molecular flexibility index (Phi) is 6.32. The van der Waals surface area contributed by atoms with Crippen LogP contribution >= 0.6 is 0 Å². The van der Waals surface area contributed by atoms with Gasteiger partial charge in [0.2, 0.25) is 0 Å². The number of alkyl halides is 3. The molecule has 0 aliphatic heterocycles. The molecule has 2 N–H and O–H groups in total. The van der Waals surface area contributed by atoms with Crippen molar-refractivity contribution in [3.05, 3.63) is 65.2 Å². The highest BCUT2D eigenvalue weighted by Crippen LogP contribution is 2.29. The molecule has 0 radical (unpaired) electrons. The first kappa shape index (κ1) is 18.7. The minimum Gasteiger partial charge on any atom is -0.357 e. The van der Waals surface area contributed by atoms with E-state index in [0.29, 0.717) is 18.1 Å². The Morgan fingerprint density at radius 1 is 1.16 bits per heavy atom. The van der Waals surface area contributed by atoms with E-state index in [2.05, 4.69) is 20.6 Å². The lowest BCUT2D eigenvalue weighted by Gasteiger charge is -2.12. The summed E-state index contributed by atoms with van der Waals surface area (Å²) in [6.07, 6.45) is -2.91. The zero-order valence-electron chi connectivity index (χ0n) is 13.6. The van der Waals surface area contributed by atoms with Crippen LogP contribution in [-0.4, -0.2) is 17.5 Å². The summed E-state index contributed by atoms with van der Waals surface area (Å²) in [7, 11) is 0. The number of benzene rings is 1. The third kappa shape index (κ3) is 5.74. The minimum absolute atomic E-state index is 0.0595. The van der Waals surface area contributed by atoms with Crippen LogP contribution < -0.4 is 10.6 Å². The van der Waals surface area contributed by atoms with Crippen molar-refractivity contribution in [2.75, 3.05) is 6.54 Å². The molecule has 0 aliphatic carbocycles. The maximum absolute atomic E-state index is 13.6. The molecule has 2 rings (SSSR count). The highest BCUT2D eigenvalue weighted by Gasteiger charge is 2.30. The Morgan fingerprint density at radius 2 is 1.96 bits per heavy atom. The zero-order valence-corrected chi connectivity index (χ0v) is 13.6. The van der Waals surface area contributed by atoms with Gasteiger partial charge < -0.3 is 10.6 Å². The van der Waals surface area contributed by atoms with E-state index in [1.807, 2.05) is 6.92 Å². The number of aliphatic imine (C=N–C) groups is 1. The van der Waals surface area contributed by atoms with E-state index in [9.17, 15) is 17.6 Å². The Bertz CT molecular complexity index is 729. The van der Waals surface area contributed by atoms with Gasteiger partial charge in [0, 0.05) is 12.7 Å². The monoisotopic (exact) mass is 354 g/mol. The van der Waals surface area contributed by atoms with E-state index >= 15 is 0 Å². The van der Waals surface area contributed by atoms with Gasteiger partial charge in [-0.15, -0.1) is 0 Å². The SMILES string of the molecule is CCNC(=NCc1cccc(C(F)(F)F)c1)NCc1ncccc1F. The lowest BCUT2D eigenvalue weighted by Crippen LogP contribution is -2.37. The van der Waals surface area contributed by atoms with Crippen LogP contribution in [0.3, 0.4) is 0 Å². The Morgan fingerprint density at radius 3 is 2.64 bits per heavy atom. The first-order valence-corrected chi connectivity index (χ1v) is 7.68. The molecule has 0 saturated heterocycles. The van der Waals surface area contributed by atoms with Gasteiger partial charge in [0.05, 0.1) is 24.3 Å². The van der Waals surface area contributed by atoms with E-state index < -0.39 is 17.6 Å². The smallest absolute Gasteiger partial charge is 0.357 e. The molecule has 2 aromatic rings. The van der Waals surface area contributed by atoms with Gasteiger partial charge in [0.25, 0.3) is 0 Å². The van der Waals surface area contributed by atoms with Crippen molar-refractivity contribution in [3.8, 4) is 0 Å². The largest absolute Gasteiger partial charge is 0.416 e. The molecule has 0 aliphatic rings. The third-order valence-electron chi connectivity index (χ3n) is 3.28. The van der Waals surface area contributed by atoms with Crippen molar-refractivity contribution >= 4 is 5.96 Å². The molecule has 1 aromatic carbocycles. The number of halogens is 4. The van der Waals surface area contributed by atoms with Crippen molar-refractivity contribution < 1.29 is 17.6 Å². The van der Waals surface area contributed by atoms with Crippen molar-refractivity contribution in [1.82, 2.24) is 15.6 Å². The first-order valence-electron chi connectivity index (χ1n) is 7.68. The number of aromatic nitrogens is 1. The summed E-state index contributed by atoms with van der Waals surface area (Å²) in [4.78, 5) is 8.15. The highest BCUT2D eigenvalue weighted by atomic mass is 19.4. The summed E-state index contributed by atoms with van der Waals surface area (Å²) in [5, 5.41) is 5.86. The van der Waals surface area contributed by atoms with Crippen LogP contribution in [0.25, 0.3) is 0 Å². The summed E-state index contributed by atoms with van der Waals surface area (Å²) >= 11 is 0. The number of pyridine rings is 1. The molecule has 0 saturated carbocycles. The minimum atomic E-state index is -4.39. The van der Waals surface area contributed by atoms with Gasteiger partial charge in [-0.3, -0.25) is 4.98 Å². The summed E-state index contributed by atoms with van der Waals surface area (Å²) < 4.78 is 51.8. The van der Waals surface area contributed by atoms with Gasteiger partial charge in [0.1, 0.15) is 5.82 Å². The molecule has 25 heavy (non-hydrogen) atoms. The fourth-order valence-corrected chi connectivity index (χ4v) is 2.07. The van der Waals surface area contributed by atoms with Crippen LogP contribution in [0, 0.1) is 5.82 Å². The third-order valence-corrected chi connectivity index (χ3v) is 3.28. The fraction of sp³-hybridized carbons (Fsp3) is 0.294. The molecular formula is C17H18F4N4. The van der Waals surface area contributed by atoms with E-state index in [-0.39, 0.29) is 18.8 Å². The van der Waals surface area contributed by atoms with Crippen LogP contribution in [-0.2, 0) is 19.3 Å². The summed E-state index contributed by atoms with van der Waals surface area (Å²) in [5.41, 5.74) is -0.0584. The predicted octanol–water partition coefficient (Wildman–Crippen LogP) is 3.49. The average molecular weight is 354 g/mol. The number of nitrogens with one attached hydrogen (secondary N) is 2. The van der Waals surface area contributed by atoms with Crippen LogP contribution in [0.4, 0.5) is 17.6 Å². The van der Waals surface area contributed by atoms with E-state index in [1.54, 1.807) is 6.07 Å². The topological polar surface area (TPSA) is 49.3 Å². The van der Waals surface area contributed by atoms with E-state index in [1.165, 1.54) is 24.4 Å². The normalized spacial score (nSPS) is 12.1. The van der Waals surface area contributed by atoms with Crippen LogP contribution in [0.15, 0.2) is 47.6 Å². The number of hydrogen-bond donors (Lipinski definition) is 2. The lowest BCUT2D eigenvalue weighted by molar-refractivity contribution is -0.137. The molecule has 0 bridgehead atoms. The molecule has 0 fully saturated rings. The van der Waals surface area contributed by atoms with Crippen LogP contribution in [0.1, 0.15) is 23.7 Å². The van der Waals surface area contributed by atoms with E-state index in [0.717, 1.165) is 12.1 Å². The fourth-order valence-electron chi connectivity index (χ4n) is 2.07. The van der Waals surface area contributed by atoms with Crippen LogP contribution in [0.2, 0.25) is 0 Å². The second kappa shape index (κ2) is 8.46. The maximum atomic E-state index is 13.6. The standard InChI is InChI=1S/C17H18F4N4/c1-2-22-16(25-11-15-14(18)7-4-8-23-15)24-10-12-5-3-6-13(9-12)17(19,20)21/h3-9H,2,10-11H2,1H3,(H2,22,24,25). The van der Waals surface area contributed by atoms with E-state index in [4.69, 9.17) is 0 Å². The molecule has 8 heteroatoms. The first-order chi connectivity index (χ1) is 11.9. The van der Waals surface area contributed by atoms with Crippen molar-refractivity contribution in [3.63, 3.8) is 0 Å². The second-order valence-corrected chi connectivity index (χ2v) is 5.18. The van der Waals surface area contributed by atoms with Crippen LogP contribution in [0.5, 0.6) is 0 Å². The summed E-state index contributed by atoms with van der Waals surface area (Å²) in [6, 6.07) is 7.78. The molecule has 1 heterocycles. The van der Waals surface area contributed by atoms with Gasteiger partial charge in [-0.05, 0) is 36.8 Å². The van der Waals surface area contributed by atoms with Crippen molar-refractivity contribution in [1.29, 1.82) is 0 Å². The maximum Gasteiger partial charge on any atom is 0.416 e. The number of nitrogens with zero attached hydrogens (tertiary/aromatic N) is 2. The molecule has 4 nitrogen and oxygen atoms in total. The summed E-state index contributed by atoms with van der Waals surface area (Å²) in [5.74, 6) is -0.0753. The van der Waals surface area contributed by atoms with Gasteiger partial charge in [-0.2, -0.15) is 13.2 Å². The quantitative estimate of drug-likeness (QED) is 0.491. The lowest BCUT2D eigenvalue weighted by atomic mass is 10.1. The van der Waals surface area contributed by atoms with Gasteiger partial charge in [0.15, 0.2) is 5.96 Å². The van der Waals surface area contributed by atoms with Gasteiger partial charge in [-0.25, -0.2) is 9.38 Å². The Hall–Kier alpha value is -2.64. The second-order valence-electron chi connectivity index (χ2n) is 5.18. The summed E-state index contributed by atoms with van der Waals surface area (Å²) in [6.45, 7) is 2.58. The molecule has 1 aromatic heterocycles. The number of guanidine groups is 1. The zero-order chi connectivity index (χ0) is 18.3. The molecule has 0 spiro atoms. The van der Waals surface area contributed by atoms with Gasteiger partial charge in [-0.1, -0.05) is 12.1 Å². The van der Waals surface area contributed by atoms with Crippen molar-refractivity contribution in [2.24, 2.45) is 4.99 Å². The predicted molar refractivity (Wildman–Crippen MR) is 87.3 cm³/mol. The molecule has 0 atom stereocenters. The molecular weight excluding hydrogens is 336 g/mol. The van der Waals surface area contributed by atoms with Gasteiger partial charge >= 0.3 is 6.18 Å². The number of rotatable bonds is 5. The Balaban J connectivity index is 2.06. The molecule has 0 unspecified atom stereocenters. The molecule has 0 amide bonds. The molecule has 134 valence electrons. The number of hydrogen-bond acceptors (Lipinski definition) is 2. The average Bonchev–Trinajstić information content (AvgIpc) is 2.58. The highest BCUT2D eigenvalue weighted by molar-refractivity contribution is 5.79.